The Bertz CT molecular complexity index is 362. The van der Waals surface area contributed by atoms with E-state index in [-0.39, 0.29) is 25.1 Å². The van der Waals surface area contributed by atoms with Crippen LogP contribution in [0.2, 0.25) is 0 Å². The molecule has 17 heavy (non-hydrogen) atoms. The fourth-order valence-electron chi connectivity index (χ4n) is 1.61. The van der Waals surface area contributed by atoms with E-state index in [1.54, 1.807) is 11.1 Å². The van der Waals surface area contributed by atoms with Crippen molar-refractivity contribution in [3.63, 3.8) is 0 Å². The number of aliphatic hydroxyl groups excluding tert-OH is 1. The first-order chi connectivity index (χ1) is 8.04. The van der Waals surface area contributed by atoms with Crippen LogP contribution in [0.4, 0.5) is 5.69 Å². The second kappa shape index (κ2) is 6.24. The van der Waals surface area contributed by atoms with Gasteiger partial charge in [-0.25, -0.2) is 0 Å². The second-order valence-electron chi connectivity index (χ2n) is 4.23. The van der Waals surface area contributed by atoms with Crippen LogP contribution < -0.4 is 5.73 Å². The third kappa shape index (κ3) is 4.07. The Morgan fingerprint density at radius 2 is 2.35 bits per heavy atom. The first-order valence-corrected chi connectivity index (χ1v) is 5.73. The number of hydrogen-bond acceptors (Lipinski definition) is 4. The molecule has 1 heterocycles. The highest BCUT2D eigenvalue weighted by atomic mass is 16.3. The molecule has 6 nitrogen and oxygen atoms in total. The van der Waals surface area contributed by atoms with E-state index >= 15 is 0 Å². The van der Waals surface area contributed by atoms with E-state index < -0.39 is 0 Å². The van der Waals surface area contributed by atoms with Crippen LogP contribution in [-0.4, -0.2) is 44.9 Å². The zero-order valence-corrected chi connectivity index (χ0v) is 10.3. The Morgan fingerprint density at radius 1 is 1.65 bits per heavy atom. The Hall–Kier alpha value is -1.56. The SMILES string of the molecule is CC(C)N(CCCO)C(=O)Cn1cc(N)cn1. The average molecular weight is 240 g/mol. The van der Waals surface area contributed by atoms with Crippen LogP contribution in [0.15, 0.2) is 12.4 Å². The molecule has 96 valence electrons. The lowest BCUT2D eigenvalue weighted by Crippen LogP contribution is -2.40. The summed E-state index contributed by atoms with van der Waals surface area (Å²) in [4.78, 5) is 13.7. The van der Waals surface area contributed by atoms with Gasteiger partial charge in [-0.3, -0.25) is 9.48 Å². The molecule has 1 amide bonds. The van der Waals surface area contributed by atoms with Gasteiger partial charge in [-0.05, 0) is 20.3 Å². The highest BCUT2D eigenvalue weighted by Crippen LogP contribution is 2.04. The van der Waals surface area contributed by atoms with Crippen LogP contribution in [0.1, 0.15) is 20.3 Å². The first-order valence-electron chi connectivity index (χ1n) is 5.73. The van der Waals surface area contributed by atoms with Crippen molar-refractivity contribution in [2.75, 3.05) is 18.9 Å². The molecule has 0 fully saturated rings. The standard InChI is InChI=1S/C11H20N4O2/c1-9(2)15(4-3-5-16)11(17)8-14-7-10(12)6-13-14/h6-7,9,16H,3-5,8,12H2,1-2H3. The third-order valence-electron chi connectivity index (χ3n) is 2.45. The lowest BCUT2D eigenvalue weighted by Gasteiger charge is -2.26. The van der Waals surface area contributed by atoms with Gasteiger partial charge in [-0.1, -0.05) is 0 Å². The fourth-order valence-corrected chi connectivity index (χ4v) is 1.61. The minimum absolute atomic E-state index is 0.0171. The first kappa shape index (κ1) is 13.5. The number of nitrogen functional groups attached to an aromatic ring is 1. The molecule has 0 spiro atoms. The van der Waals surface area contributed by atoms with Gasteiger partial charge in [-0.15, -0.1) is 0 Å². The van der Waals surface area contributed by atoms with Gasteiger partial charge in [0, 0.05) is 25.4 Å². The Morgan fingerprint density at radius 3 is 2.82 bits per heavy atom. The second-order valence-corrected chi connectivity index (χ2v) is 4.23. The zero-order chi connectivity index (χ0) is 12.8. The highest BCUT2D eigenvalue weighted by molar-refractivity contribution is 5.76. The summed E-state index contributed by atoms with van der Waals surface area (Å²) in [5, 5.41) is 12.8. The quantitative estimate of drug-likeness (QED) is 0.737. The van der Waals surface area contributed by atoms with Gasteiger partial charge in [0.1, 0.15) is 6.54 Å². The number of aliphatic hydroxyl groups is 1. The fraction of sp³-hybridized carbons (Fsp3) is 0.636. The molecule has 0 radical (unpaired) electrons. The van der Waals surface area contributed by atoms with Crippen molar-refractivity contribution in [3.05, 3.63) is 12.4 Å². The summed E-state index contributed by atoms with van der Waals surface area (Å²) < 4.78 is 1.52. The number of amides is 1. The van der Waals surface area contributed by atoms with Crippen molar-refractivity contribution in [2.45, 2.75) is 32.9 Å². The molecule has 0 unspecified atom stereocenters. The maximum absolute atomic E-state index is 12.0. The van der Waals surface area contributed by atoms with Crippen molar-refractivity contribution >= 4 is 11.6 Å². The molecule has 0 aromatic carbocycles. The molecular weight excluding hydrogens is 220 g/mol. The van der Waals surface area contributed by atoms with Crippen molar-refractivity contribution < 1.29 is 9.90 Å². The van der Waals surface area contributed by atoms with Gasteiger partial charge in [0.05, 0.1) is 11.9 Å². The van der Waals surface area contributed by atoms with E-state index in [0.717, 1.165) is 0 Å². The van der Waals surface area contributed by atoms with Crippen LogP contribution in [0.25, 0.3) is 0 Å². The summed E-state index contributed by atoms with van der Waals surface area (Å²) in [6, 6.07) is 0.113. The minimum Gasteiger partial charge on any atom is -0.396 e. The van der Waals surface area contributed by atoms with Gasteiger partial charge in [0.2, 0.25) is 5.91 Å². The average Bonchev–Trinajstić information content (AvgIpc) is 2.64. The molecule has 0 atom stereocenters. The third-order valence-corrected chi connectivity index (χ3v) is 2.45. The maximum Gasteiger partial charge on any atom is 0.244 e. The summed E-state index contributed by atoms with van der Waals surface area (Å²) in [5.41, 5.74) is 6.07. The molecule has 6 heteroatoms. The van der Waals surface area contributed by atoms with Crippen molar-refractivity contribution in [1.29, 1.82) is 0 Å². The predicted molar refractivity (Wildman–Crippen MR) is 65.2 cm³/mol. The van der Waals surface area contributed by atoms with Crippen LogP contribution in [0.5, 0.6) is 0 Å². The summed E-state index contributed by atoms with van der Waals surface area (Å²) in [7, 11) is 0. The number of anilines is 1. The number of hydrogen-bond donors (Lipinski definition) is 2. The van der Waals surface area contributed by atoms with Gasteiger partial charge >= 0.3 is 0 Å². The van der Waals surface area contributed by atoms with E-state index in [1.165, 1.54) is 10.9 Å². The summed E-state index contributed by atoms with van der Waals surface area (Å²) in [5.74, 6) is -0.0171. The summed E-state index contributed by atoms with van der Waals surface area (Å²) >= 11 is 0. The van der Waals surface area contributed by atoms with Gasteiger partial charge in [0.15, 0.2) is 0 Å². The number of carbonyl (C=O) groups excluding carboxylic acids is 1. The number of nitrogens with zero attached hydrogens (tertiary/aromatic N) is 3. The predicted octanol–water partition coefficient (Wildman–Crippen LogP) is 0.0847. The zero-order valence-electron chi connectivity index (χ0n) is 10.3. The molecule has 0 aliphatic rings. The molecular formula is C11H20N4O2. The van der Waals surface area contributed by atoms with E-state index in [0.29, 0.717) is 18.7 Å². The molecule has 0 saturated heterocycles. The Balaban J connectivity index is 2.58. The molecule has 0 saturated carbocycles. The molecule has 0 bridgehead atoms. The van der Waals surface area contributed by atoms with Crippen LogP contribution >= 0.6 is 0 Å². The maximum atomic E-state index is 12.0. The molecule has 1 rings (SSSR count). The molecule has 3 N–H and O–H groups in total. The van der Waals surface area contributed by atoms with Crippen LogP contribution in [-0.2, 0) is 11.3 Å². The number of carbonyl (C=O) groups is 1. The Kier molecular flexibility index (Phi) is 4.96. The van der Waals surface area contributed by atoms with E-state index in [4.69, 9.17) is 10.8 Å². The van der Waals surface area contributed by atoms with Crippen LogP contribution in [0, 0.1) is 0 Å². The molecule has 1 aromatic rings. The molecule has 0 aliphatic heterocycles. The van der Waals surface area contributed by atoms with Gasteiger partial charge < -0.3 is 15.7 Å². The van der Waals surface area contributed by atoms with E-state index in [1.807, 2.05) is 13.8 Å². The number of nitrogens with two attached hydrogens (primary N) is 1. The smallest absolute Gasteiger partial charge is 0.244 e. The van der Waals surface area contributed by atoms with Crippen molar-refractivity contribution in [1.82, 2.24) is 14.7 Å². The van der Waals surface area contributed by atoms with Crippen molar-refractivity contribution in [3.8, 4) is 0 Å². The summed E-state index contributed by atoms with van der Waals surface area (Å²) in [6.07, 6.45) is 3.73. The monoisotopic (exact) mass is 240 g/mol. The Labute approximate surface area is 101 Å². The lowest BCUT2D eigenvalue weighted by molar-refractivity contribution is -0.133. The molecule has 1 aromatic heterocycles. The number of rotatable bonds is 6. The minimum atomic E-state index is -0.0171. The van der Waals surface area contributed by atoms with E-state index in [2.05, 4.69) is 5.10 Å². The number of aromatic nitrogens is 2. The molecule has 0 aliphatic carbocycles. The van der Waals surface area contributed by atoms with Crippen LogP contribution in [0.3, 0.4) is 0 Å². The van der Waals surface area contributed by atoms with Crippen molar-refractivity contribution in [2.24, 2.45) is 0 Å². The van der Waals surface area contributed by atoms with Gasteiger partial charge in [-0.2, -0.15) is 5.10 Å². The lowest BCUT2D eigenvalue weighted by atomic mass is 10.3. The van der Waals surface area contributed by atoms with E-state index in [9.17, 15) is 4.79 Å². The largest absolute Gasteiger partial charge is 0.396 e. The normalized spacial score (nSPS) is 10.8. The summed E-state index contributed by atoms with van der Waals surface area (Å²) in [6.45, 7) is 4.73. The topological polar surface area (TPSA) is 84.4 Å². The highest BCUT2D eigenvalue weighted by Gasteiger charge is 2.16. The van der Waals surface area contributed by atoms with Gasteiger partial charge in [0.25, 0.3) is 0 Å².